The van der Waals surface area contributed by atoms with E-state index in [1.165, 1.54) is 38.5 Å². The molecule has 3 saturated carbocycles. The molecule has 5 heteroatoms. The average Bonchev–Trinajstić information content (AvgIpc) is 2.27. The van der Waals surface area contributed by atoms with Crippen LogP contribution < -0.4 is 10.6 Å². The Morgan fingerprint density at radius 3 is 2.05 bits per heavy atom. The Bertz CT molecular complexity index is 426. The van der Waals surface area contributed by atoms with E-state index in [9.17, 15) is 9.00 Å². The van der Waals surface area contributed by atoms with Gasteiger partial charge in [-0.25, -0.2) is 4.79 Å². The molecule has 0 bridgehead atoms. The van der Waals surface area contributed by atoms with Crippen LogP contribution in [-0.4, -0.2) is 34.3 Å². The van der Waals surface area contributed by atoms with Crippen LogP contribution >= 0.6 is 0 Å². The first kappa shape index (κ1) is 15.3. The van der Waals surface area contributed by atoms with Gasteiger partial charge in [-0.15, -0.1) is 0 Å². The Labute approximate surface area is 130 Å². The summed E-state index contributed by atoms with van der Waals surface area (Å²) in [6.07, 6.45) is 12.8. The first-order valence-electron chi connectivity index (χ1n) is 8.42. The normalized spacial score (nSPS) is 27.7. The molecule has 0 aromatic carbocycles. The SMILES string of the molecule is CS(=O)C1(CNC(=O)NCC2(C3CCC3)CCC2)CCC1. The molecule has 3 rings (SSSR count). The number of carbonyl (C=O) groups is 1. The molecule has 1 unspecified atom stereocenters. The molecule has 0 aromatic rings. The number of hydrogen-bond donors (Lipinski definition) is 2. The molecule has 0 spiro atoms. The van der Waals surface area contributed by atoms with Gasteiger partial charge in [0.15, 0.2) is 0 Å². The lowest BCUT2D eigenvalue weighted by molar-refractivity contribution is 0.00537. The van der Waals surface area contributed by atoms with Crippen molar-refractivity contribution in [2.75, 3.05) is 19.3 Å². The lowest BCUT2D eigenvalue weighted by Crippen LogP contribution is -2.55. The molecule has 0 radical (unpaired) electrons. The van der Waals surface area contributed by atoms with Crippen LogP contribution in [0.15, 0.2) is 0 Å². The largest absolute Gasteiger partial charge is 0.338 e. The molecule has 2 amide bonds. The molecule has 120 valence electrons. The molecule has 21 heavy (non-hydrogen) atoms. The molecule has 1 atom stereocenters. The summed E-state index contributed by atoms with van der Waals surface area (Å²) in [6, 6.07) is -0.0719. The maximum absolute atomic E-state index is 12.0. The van der Waals surface area contributed by atoms with Gasteiger partial charge in [0.25, 0.3) is 0 Å². The fourth-order valence-corrected chi connectivity index (χ4v) is 5.22. The van der Waals surface area contributed by atoms with Crippen molar-refractivity contribution in [2.24, 2.45) is 11.3 Å². The van der Waals surface area contributed by atoms with Gasteiger partial charge in [-0.05, 0) is 49.9 Å². The third-order valence-corrected chi connectivity index (χ3v) is 8.14. The van der Waals surface area contributed by atoms with Gasteiger partial charge in [0.2, 0.25) is 0 Å². The summed E-state index contributed by atoms with van der Waals surface area (Å²) in [7, 11) is -0.852. The summed E-state index contributed by atoms with van der Waals surface area (Å²) in [6.45, 7) is 1.38. The lowest BCUT2D eigenvalue weighted by Gasteiger charge is -2.51. The van der Waals surface area contributed by atoms with Crippen LogP contribution in [0.3, 0.4) is 0 Å². The Balaban J connectivity index is 1.43. The van der Waals surface area contributed by atoms with Crippen LogP contribution in [0.1, 0.15) is 57.8 Å². The molecule has 4 nitrogen and oxygen atoms in total. The van der Waals surface area contributed by atoms with Crippen LogP contribution in [0.2, 0.25) is 0 Å². The van der Waals surface area contributed by atoms with Crippen LogP contribution in [0.4, 0.5) is 4.79 Å². The van der Waals surface area contributed by atoms with E-state index in [1.807, 2.05) is 0 Å². The maximum atomic E-state index is 12.0. The first-order chi connectivity index (χ1) is 10.1. The Morgan fingerprint density at radius 2 is 1.67 bits per heavy atom. The fraction of sp³-hybridized carbons (Fsp3) is 0.938. The highest BCUT2D eigenvalue weighted by atomic mass is 32.2. The van der Waals surface area contributed by atoms with E-state index < -0.39 is 10.8 Å². The summed E-state index contributed by atoms with van der Waals surface area (Å²) < 4.78 is 11.7. The van der Waals surface area contributed by atoms with Crippen molar-refractivity contribution in [3.05, 3.63) is 0 Å². The van der Waals surface area contributed by atoms with Gasteiger partial charge in [0.1, 0.15) is 0 Å². The minimum Gasteiger partial charge on any atom is -0.338 e. The van der Waals surface area contributed by atoms with Crippen molar-refractivity contribution in [3.8, 4) is 0 Å². The quantitative estimate of drug-likeness (QED) is 0.792. The number of rotatable bonds is 6. The third-order valence-electron chi connectivity index (χ3n) is 6.37. The van der Waals surface area contributed by atoms with Gasteiger partial charge < -0.3 is 10.6 Å². The predicted molar refractivity (Wildman–Crippen MR) is 85.7 cm³/mol. The number of amides is 2. The fourth-order valence-electron chi connectivity index (χ4n) is 4.08. The van der Waals surface area contributed by atoms with Gasteiger partial charge >= 0.3 is 6.03 Å². The first-order valence-corrected chi connectivity index (χ1v) is 9.97. The smallest absolute Gasteiger partial charge is 0.314 e. The van der Waals surface area contributed by atoms with E-state index >= 15 is 0 Å². The van der Waals surface area contributed by atoms with Crippen molar-refractivity contribution >= 4 is 16.8 Å². The molecular formula is C16H28N2O2S. The summed E-state index contributed by atoms with van der Waals surface area (Å²) in [5.74, 6) is 0.840. The zero-order chi connectivity index (χ0) is 14.9. The Hall–Kier alpha value is -0.580. The van der Waals surface area contributed by atoms with Crippen molar-refractivity contribution in [3.63, 3.8) is 0 Å². The molecule has 2 N–H and O–H groups in total. The topological polar surface area (TPSA) is 58.2 Å². The van der Waals surface area contributed by atoms with Crippen LogP contribution in [0.25, 0.3) is 0 Å². The Kier molecular flexibility index (Phi) is 4.30. The van der Waals surface area contributed by atoms with Crippen LogP contribution in [0.5, 0.6) is 0 Å². The molecule has 0 aliphatic heterocycles. The summed E-state index contributed by atoms with van der Waals surface area (Å²) >= 11 is 0. The second kappa shape index (κ2) is 5.90. The number of carbonyl (C=O) groups excluding carboxylic acids is 1. The number of hydrogen-bond acceptors (Lipinski definition) is 2. The maximum Gasteiger partial charge on any atom is 0.314 e. The summed E-state index contributed by atoms with van der Waals surface area (Å²) in [5, 5.41) is 6.04. The zero-order valence-electron chi connectivity index (χ0n) is 13.1. The predicted octanol–water partition coefficient (Wildman–Crippen LogP) is 2.56. The third kappa shape index (κ3) is 2.86. The second-order valence-corrected chi connectivity index (χ2v) is 9.14. The molecule has 0 aromatic heterocycles. The number of urea groups is 1. The Morgan fingerprint density at radius 1 is 1.05 bits per heavy atom. The van der Waals surface area contributed by atoms with Crippen molar-refractivity contribution in [2.45, 2.75) is 62.5 Å². The highest BCUT2D eigenvalue weighted by Crippen LogP contribution is 2.53. The zero-order valence-corrected chi connectivity index (χ0v) is 13.9. The van der Waals surface area contributed by atoms with Crippen molar-refractivity contribution in [1.29, 1.82) is 0 Å². The minimum atomic E-state index is -0.852. The van der Waals surface area contributed by atoms with E-state index in [1.54, 1.807) is 6.26 Å². The van der Waals surface area contributed by atoms with E-state index in [2.05, 4.69) is 10.6 Å². The molecule has 3 aliphatic rings. The van der Waals surface area contributed by atoms with Crippen LogP contribution in [-0.2, 0) is 10.8 Å². The molecule has 3 fully saturated rings. The molecule has 0 heterocycles. The standard InChI is InChI=1S/C16H28N2O2S/c1-21(20)16(9-4-10-16)12-18-14(19)17-11-15(7-3-8-15)13-5-2-6-13/h13H,2-12H2,1H3,(H2,17,18,19). The second-order valence-electron chi connectivity index (χ2n) is 7.37. The van der Waals surface area contributed by atoms with E-state index in [-0.39, 0.29) is 10.8 Å². The summed E-state index contributed by atoms with van der Waals surface area (Å²) in [4.78, 5) is 12.0. The van der Waals surface area contributed by atoms with Gasteiger partial charge in [-0.1, -0.05) is 19.3 Å². The van der Waals surface area contributed by atoms with Crippen molar-refractivity contribution in [1.82, 2.24) is 10.6 Å². The van der Waals surface area contributed by atoms with Gasteiger partial charge in [-0.2, -0.15) is 0 Å². The molecular weight excluding hydrogens is 284 g/mol. The minimum absolute atomic E-state index is 0.0719. The van der Waals surface area contributed by atoms with Crippen molar-refractivity contribution < 1.29 is 9.00 Å². The number of nitrogens with one attached hydrogen (secondary N) is 2. The average molecular weight is 312 g/mol. The van der Waals surface area contributed by atoms with E-state index in [4.69, 9.17) is 0 Å². The van der Waals surface area contributed by atoms with E-state index in [0.29, 0.717) is 12.0 Å². The monoisotopic (exact) mass is 312 g/mol. The molecule has 3 aliphatic carbocycles. The molecule has 0 saturated heterocycles. The van der Waals surface area contributed by atoms with Gasteiger partial charge in [0.05, 0.1) is 4.75 Å². The highest BCUT2D eigenvalue weighted by Gasteiger charge is 2.46. The highest BCUT2D eigenvalue weighted by molar-refractivity contribution is 7.85. The van der Waals surface area contributed by atoms with Crippen LogP contribution in [0, 0.1) is 11.3 Å². The van der Waals surface area contributed by atoms with Gasteiger partial charge in [-0.3, -0.25) is 4.21 Å². The van der Waals surface area contributed by atoms with E-state index in [0.717, 1.165) is 31.7 Å². The summed E-state index contributed by atoms with van der Waals surface area (Å²) in [5.41, 5.74) is 0.400. The van der Waals surface area contributed by atoms with Gasteiger partial charge in [0, 0.05) is 30.1 Å². The lowest BCUT2D eigenvalue weighted by atomic mass is 9.55.